The Kier molecular flexibility index (Phi) is 6.73. The lowest BCUT2D eigenvalue weighted by Gasteiger charge is -2.33. The molecule has 1 N–H and O–H groups in total. The highest BCUT2D eigenvalue weighted by Gasteiger charge is 2.33. The van der Waals surface area contributed by atoms with Crippen LogP contribution < -0.4 is 5.32 Å². The van der Waals surface area contributed by atoms with Crippen molar-refractivity contribution in [2.24, 2.45) is 0 Å². The molecule has 0 aromatic carbocycles. The second-order valence-corrected chi connectivity index (χ2v) is 5.64. The van der Waals surface area contributed by atoms with Gasteiger partial charge >= 0.3 is 12.1 Å². The predicted molar refractivity (Wildman–Crippen MR) is 88.8 cm³/mol. The molecule has 1 atom stereocenters. The van der Waals surface area contributed by atoms with Crippen LogP contribution in [0.25, 0.3) is 0 Å². The van der Waals surface area contributed by atoms with Gasteiger partial charge in [-0.2, -0.15) is 0 Å². The molecule has 0 spiro atoms. The van der Waals surface area contributed by atoms with Crippen molar-refractivity contribution < 1.29 is 23.9 Å². The van der Waals surface area contributed by atoms with Crippen LogP contribution in [-0.2, 0) is 20.8 Å². The van der Waals surface area contributed by atoms with Gasteiger partial charge in [0.1, 0.15) is 6.04 Å². The van der Waals surface area contributed by atoms with Crippen molar-refractivity contribution in [3.05, 3.63) is 29.6 Å². The number of piperidine rings is 1. The number of esters is 1. The maximum Gasteiger partial charge on any atom is 0.407 e. The van der Waals surface area contributed by atoms with E-state index in [1.54, 1.807) is 24.0 Å². The van der Waals surface area contributed by atoms with Crippen LogP contribution in [0.15, 0.2) is 18.3 Å². The highest BCUT2D eigenvalue weighted by Crippen LogP contribution is 2.21. The van der Waals surface area contributed by atoms with E-state index in [2.05, 4.69) is 10.3 Å². The van der Waals surface area contributed by atoms with Crippen LogP contribution in [0.5, 0.6) is 0 Å². The summed E-state index contributed by atoms with van der Waals surface area (Å²) in [6.45, 7) is 2.66. The molecule has 0 radical (unpaired) electrons. The Hall–Kier alpha value is -2.64. The zero-order chi connectivity index (χ0) is 18.2. The van der Waals surface area contributed by atoms with Crippen LogP contribution >= 0.6 is 0 Å². The van der Waals surface area contributed by atoms with Crippen LogP contribution in [0.2, 0.25) is 0 Å². The number of hydrogen-bond acceptors (Lipinski definition) is 6. The number of carbonyl (C=O) groups excluding carboxylic acids is 3. The molecule has 8 heteroatoms. The summed E-state index contributed by atoms with van der Waals surface area (Å²) in [5.74, 6) is -0.638. The van der Waals surface area contributed by atoms with Crippen LogP contribution in [0.4, 0.5) is 4.79 Å². The summed E-state index contributed by atoms with van der Waals surface area (Å²) in [6, 6.07) is 2.65. The number of aromatic nitrogens is 1. The van der Waals surface area contributed by atoms with Crippen molar-refractivity contribution >= 4 is 18.0 Å². The highest BCUT2D eigenvalue weighted by molar-refractivity contribution is 5.97. The van der Waals surface area contributed by atoms with E-state index in [1.807, 2.05) is 0 Å². The summed E-state index contributed by atoms with van der Waals surface area (Å²) in [7, 11) is 1.32. The summed E-state index contributed by atoms with van der Waals surface area (Å²) >= 11 is 0. The van der Waals surface area contributed by atoms with E-state index in [-0.39, 0.29) is 19.1 Å². The number of likely N-dealkylation sites (tertiary alicyclic amines) is 1. The van der Waals surface area contributed by atoms with Gasteiger partial charge in [-0.1, -0.05) is 0 Å². The molecule has 0 bridgehead atoms. The van der Waals surface area contributed by atoms with Gasteiger partial charge in [-0.3, -0.25) is 9.78 Å². The number of nitrogens with zero attached hydrogens (tertiary/aromatic N) is 2. The van der Waals surface area contributed by atoms with E-state index in [1.165, 1.54) is 13.3 Å². The van der Waals surface area contributed by atoms with Crippen LogP contribution in [-0.4, -0.2) is 54.2 Å². The topological polar surface area (TPSA) is 97.8 Å². The summed E-state index contributed by atoms with van der Waals surface area (Å²) in [5.41, 5.74) is 0.956. The first-order chi connectivity index (χ1) is 12.1. The minimum Gasteiger partial charge on any atom is -0.467 e. The van der Waals surface area contributed by atoms with Gasteiger partial charge in [0, 0.05) is 18.3 Å². The number of amides is 2. The number of pyridine rings is 1. The molecule has 2 heterocycles. The molecule has 1 aliphatic rings. The number of hydrogen-bond donors (Lipinski definition) is 1. The fourth-order valence-electron chi connectivity index (χ4n) is 2.77. The van der Waals surface area contributed by atoms with E-state index in [0.29, 0.717) is 24.2 Å². The van der Waals surface area contributed by atoms with Gasteiger partial charge in [0.25, 0.3) is 5.91 Å². The molecule has 2 rings (SSSR count). The Morgan fingerprint density at radius 3 is 2.88 bits per heavy atom. The van der Waals surface area contributed by atoms with Crippen LogP contribution in [0.1, 0.15) is 42.2 Å². The minimum atomic E-state index is -0.555. The van der Waals surface area contributed by atoms with E-state index in [9.17, 15) is 14.4 Å². The van der Waals surface area contributed by atoms with Crippen molar-refractivity contribution in [1.29, 1.82) is 0 Å². The van der Waals surface area contributed by atoms with Crippen molar-refractivity contribution in [2.75, 3.05) is 20.3 Å². The second-order valence-electron chi connectivity index (χ2n) is 5.64. The number of ether oxygens (including phenoxy) is 2. The van der Waals surface area contributed by atoms with Crippen molar-refractivity contribution in [3.63, 3.8) is 0 Å². The molecule has 0 aliphatic carbocycles. The fourth-order valence-corrected chi connectivity index (χ4v) is 2.77. The van der Waals surface area contributed by atoms with Crippen molar-refractivity contribution in [2.45, 2.75) is 38.8 Å². The lowest BCUT2D eigenvalue weighted by molar-refractivity contribution is -0.147. The van der Waals surface area contributed by atoms with E-state index in [4.69, 9.17) is 9.47 Å². The van der Waals surface area contributed by atoms with Crippen molar-refractivity contribution in [1.82, 2.24) is 15.2 Å². The monoisotopic (exact) mass is 349 g/mol. The maximum absolute atomic E-state index is 12.8. The molecular formula is C17H23N3O5. The number of carbonyl (C=O) groups is 3. The minimum absolute atomic E-state index is 0.153. The van der Waals surface area contributed by atoms with Gasteiger partial charge in [-0.05, 0) is 38.3 Å². The normalized spacial score (nSPS) is 16.9. The fraction of sp³-hybridized carbons (Fsp3) is 0.529. The first-order valence-corrected chi connectivity index (χ1v) is 8.31. The molecule has 2 amide bonds. The molecule has 8 nitrogen and oxygen atoms in total. The Morgan fingerprint density at radius 2 is 2.16 bits per heavy atom. The number of methoxy groups -OCH3 is 1. The van der Waals surface area contributed by atoms with E-state index < -0.39 is 18.1 Å². The Morgan fingerprint density at radius 1 is 1.36 bits per heavy atom. The lowest BCUT2D eigenvalue weighted by atomic mass is 10.0. The van der Waals surface area contributed by atoms with Gasteiger partial charge in [0.2, 0.25) is 0 Å². The van der Waals surface area contributed by atoms with E-state index >= 15 is 0 Å². The SMILES string of the molecule is CCOC(=O)NCc1cc(C(=O)N2CCCCC2C(=O)OC)ccn1. The third-order valence-electron chi connectivity index (χ3n) is 3.99. The Balaban J connectivity index is 2.09. The Labute approximate surface area is 146 Å². The van der Waals surface area contributed by atoms with Gasteiger partial charge < -0.3 is 19.7 Å². The molecule has 136 valence electrons. The second kappa shape index (κ2) is 9.00. The maximum atomic E-state index is 12.8. The van der Waals surface area contributed by atoms with Gasteiger partial charge in [0.05, 0.1) is 26.0 Å². The summed E-state index contributed by atoms with van der Waals surface area (Å²) in [4.78, 5) is 41.8. The quantitative estimate of drug-likeness (QED) is 0.809. The molecule has 1 saturated heterocycles. The smallest absolute Gasteiger partial charge is 0.407 e. The predicted octanol–water partition coefficient (Wildman–Crippen LogP) is 1.50. The summed E-state index contributed by atoms with van der Waals surface area (Å²) in [6.07, 6.45) is 3.30. The standard InChI is InChI=1S/C17H23N3O5/c1-3-25-17(23)19-11-13-10-12(7-8-18-13)15(21)20-9-5-4-6-14(20)16(22)24-2/h7-8,10,14H,3-6,9,11H2,1-2H3,(H,19,23). The molecular weight excluding hydrogens is 326 g/mol. The third-order valence-corrected chi connectivity index (χ3v) is 3.99. The van der Waals surface area contributed by atoms with Gasteiger partial charge in [-0.15, -0.1) is 0 Å². The number of nitrogens with one attached hydrogen (secondary N) is 1. The van der Waals surface area contributed by atoms with Gasteiger partial charge in [-0.25, -0.2) is 9.59 Å². The highest BCUT2D eigenvalue weighted by atomic mass is 16.5. The lowest BCUT2D eigenvalue weighted by Crippen LogP contribution is -2.48. The number of rotatable bonds is 5. The third kappa shape index (κ3) is 4.91. The number of alkyl carbamates (subject to hydrolysis) is 1. The Bertz CT molecular complexity index is 634. The zero-order valence-corrected chi connectivity index (χ0v) is 14.5. The summed E-state index contributed by atoms with van der Waals surface area (Å²) < 4.78 is 9.60. The largest absolute Gasteiger partial charge is 0.467 e. The molecule has 25 heavy (non-hydrogen) atoms. The molecule has 1 aromatic heterocycles. The average Bonchev–Trinajstić information content (AvgIpc) is 2.65. The first-order valence-electron chi connectivity index (χ1n) is 8.31. The van der Waals surface area contributed by atoms with Crippen molar-refractivity contribution in [3.8, 4) is 0 Å². The molecule has 1 unspecified atom stereocenters. The molecule has 1 fully saturated rings. The van der Waals surface area contributed by atoms with Crippen LogP contribution in [0.3, 0.4) is 0 Å². The molecule has 1 aromatic rings. The molecule has 0 saturated carbocycles. The zero-order valence-electron chi connectivity index (χ0n) is 14.5. The van der Waals surface area contributed by atoms with E-state index in [0.717, 1.165) is 12.8 Å². The van der Waals surface area contributed by atoms with Crippen LogP contribution in [0, 0.1) is 0 Å². The molecule has 1 aliphatic heterocycles. The first kappa shape index (κ1) is 18.7. The van der Waals surface area contributed by atoms with Gasteiger partial charge in [0.15, 0.2) is 0 Å². The summed E-state index contributed by atoms with van der Waals surface area (Å²) in [5, 5.41) is 2.56. The average molecular weight is 349 g/mol.